The van der Waals surface area contributed by atoms with Crippen LogP contribution in [0.5, 0.6) is 0 Å². The SMILES string of the molecule is CCc1nc(NC)c(C)c(NCCn2ccnc2)n1. The topological polar surface area (TPSA) is 67.7 Å². The van der Waals surface area contributed by atoms with Crippen LogP contribution < -0.4 is 10.6 Å². The molecular weight excluding hydrogens is 240 g/mol. The zero-order valence-electron chi connectivity index (χ0n) is 11.6. The highest BCUT2D eigenvalue weighted by Crippen LogP contribution is 2.19. The van der Waals surface area contributed by atoms with Crippen molar-refractivity contribution in [3.05, 3.63) is 30.1 Å². The normalized spacial score (nSPS) is 10.5. The van der Waals surface area contributed by atoms with Crippen LogP contribution in [0.2, 0.25) is 0 Å². The van der Waals surface area contributed by atoms with Crippen LogP contribution >= 0.6 is 0 Å². The third kappa shape index (κ3) is 3.21. The van der Waals surface area contributed by atoms with Crippen molar-refractivity contribution in [1.82, 2.24) is 19.5 Å². The quantitative estimate of drug-likeness (QED) is 0.827. The summed E-state index contributed by atoms with van der Waals surface area (Å²) in [7, 11) is 1.88. The molecule has 0 aromatic carbocycles. The first-order valence-corrected chi connectivity index (χ1v) is 6.49. The van der Waals surface area contributed by atoms with E-state index in [-0.39, 0.29) is 0 Å². The van der Waals surface area contributed by atoms with Crippen LogP contribution in [0.25, 0.3) is 0 Å². The monoisotopic (exact) mass is 260 g/mol. The van der Waals surface area contributed by atoms with Crippen molar-refractivity contribution in [2.75, 3.05) is 24.2 Å². The van der Waals surface area contributed by atoms with E-state index in [1.807, 2.05) is 31.1 Å². The Labute approximate surface area is 113 Å². The Balaban J connectivity index is 2.06. The fourth-order valence-corrected chi connectivity index (χ4v) is 1.86. The van der Waals surface area contributed by atoms with Gasteiger partial charge >= 0.3 is 0 Å². The summed E-state index contributed by atoms with van der Waals surface area (Å²) in [6.45, 7) is 5.74. The summed E-state index contributed by atoms with van der Waals surface area (Å²) in [6, 6.07) is 0. The highest BCUT2D eigenvalue weighted by atomic mass is 15.1. The maximum Gasteiger partial charge on any atom is 0.134 e. The van der Waals surface area contributed by atoms with Crippen molar-refractivity contribution in [2.24, 2.45) is 0 Å². The Kier molecular flexibility index (Phi) is 4.33. The van der Waals surface area contributed by atoms with Crippen LogP contribution in [0.15, 0.2) is 18.7 Å². The molecule has 0 fully saturated rings. The van der Waals surface area contributed by atoms with E-state index in [0.29, 0.717) is 0 Å². The van der Waals surface area contributed by atoms with Crippen molar-refractivity contribution in [2.45, 2.75) is 26.8 Å². The number of imidazole rings is 1. The molecule has 0 radical (unpaired) electrons. The number of nitrogens with zero attached hydrogens (tertiary/aromatic N) is 4. The van der Waals surface area contributed by atoms with Gasteiger partial charge in [-0.25, -0.2) is 15.0 Å². The van der Waals surface area contributed by atoms with Crippen LogP contribution in [0.1, 0.15) is 18.3 Å². The third-order valence-electron chi connectivity index (χ3n) is 2.97. The summed E-state index contributed by atoms with van der Waals surface area (Å²) in [5.74, 6) is 2.63. The van der Waals surface area contributed by atoms with Gasteiger partial charge in [0, 0.05) is 44.5 Å². The lowest BCUT2D eigenvalue weighted by molar-refractivity contribution is 0.724. The minimum Gasteiger partial charge on any atom is -0.373 e. The predicted octanol–water partition coefficient (Wildman–Crippen LogP) is 1.70. The second kappa shape index (κ2) is 6.17. The molecule has 2 aromatic heterocycles. The van der Waals surface area contributed by atoms with E-state index < -0.39 is 0 Å². The lowest BCUT2D eigenvalue weighted by Gasteiger charge is -2.13. The summed E-state index contributed by atoms with van der Waals surface area (Å²) >= 11 is 0. The van der Waals surface area contributed by atoms with Gasteiger partial charge in [-0.15, -0.1) is 0 Å². The number of aryl methyl sites for hydroxylation is 1. The number of anilines is 2. The van der Waals surface area contributed by atoms with Gasteiger partial charge in [0.1, 0.15) is 17.5 Å². The van der Waals surface area contributed by atoms with Crippen molar-refractivity contribution < 1.29 is 0 Å². The molecule has 19 heavy (non-hydrogen) atoms. The smallest absolute Gasteiger partial charge is 0.134 e. The Morgan fingerprint density at radius 1 is 1.26 bits per heavy atom. The Morgan fingerprint density at radius 2 is 2.05 bits per heavy atom. The van der Waals surface area contributed by atoms with Crippen LogP contribution in [0.3, 0.4) is 0 Å². The summed E-state index contributed by atoms with van der Waals surface area (Å²) in [6.07, 6.45) is 6.37. The van der Waals surface area contributed by atoms with Crippen molar-refractivity contribution in [3.63, 3.8) is 0 Å². The number of rotatable bonds is 6. The second-order valence-corrected chi connectivity index (χ2v) is 4.29. The van der Waals surface area contributed by atoms with E-state index in [9.17, 15) is 0 Å². The first-order chi connectivity index (χ1) is 9.24. The summed E-state index contributed by atoms with van der Waals surface area (Å²) in [5, 5.41) is 6.47. The fourth-order valence-electron chi connectivity index (χ4n) is 1.86. The van der Waals surface area contributed by atoms with Crippen molar-refractivity contribution >= 4 is 11.6 Å². The third-order valence-corrected chi connectivity index (χ3v) is 2.97. The number of hydrogen-bond donors (Lipinski definition) is 2. The molecule has 2 aromatic rings. The van der Waals surface area contributed by atoms with Crippen molar-refractivity contribution in [3.8, 4) is 0 Å². The van der Waals surface area contributed by atoms with E-state index in [2.05, 4.69) is 32.5 Å². The van der Waals surface area contributed by atoms with Crippen LogP contribution in [-0.4, -0.2) is 33.1 Å². The van der Waals surface area contributed by atoms with Gasteiger partial charge in [0.15, 0.2) is 0 Å². The molecule has 0 amide bonds. The minimum absolute atomic E-state index is 0.806. The lowest BCUT2D eigenvalue weighted by Crippen LogP contribution is -2.13. The molecule has 0 unspecified atom stereocenters. The first-order valence-electron chi connectivity index (χ1n) is 6.49. The molecule has 102 valence electrons. The van der Waals surface area contributed by atoms with Crippen LogP contribution in [0, 0.1) is 6.92 Å². The summed E-state index contributed by atoms with van der Waals surface area (Å²) in [5.41, 5.74) is 1.05. The van der Waals surface area contributed by atoms with E-state index in [4.69, 9.17) is 0 Å². The molecule has 0 saturated heterocycles. The van der Waals surface area contributed by atoms with E-state index in [0.717, 1.165) is 42.5 Å². The van der Waals surface area contributed by atoms with Gasteiger partial charge in [-0.1, -0.05) is 6.92 Å². The highest BCUT2D eigenvalue weighted by molar-refractivity contribution is 5.56. The molecule has 2 heterocycles. The van der Waals surface area contributed by atoms with Gasteiger partial charge in [-0.2, -0.15) is 0 Å². The van der Waals surface area contributed by atoms with Gasteiger partial charge in [0.05, 0.1) is 6.33 Å². The molecule has 2 N–H and O–H groups in total. The van der Waals surface area contributed by atoms with Gasteiger partial charge in [-0.3, -0.25) is 0 Å². The maximum atomic E-state index is 4.53. The number of hydrogen-bond acceptors (Lipinski definition) is 5. The second-order valence-electron chi connectivity index (χ2n) is 4.29. The average Bonchev–Trinajstić information content (AvgIpc) is 2.94. The molecule has 0 saturated carbocycles. The molecule has 6 nitrogen and oxygen atoms in total. The molecule has 0 aliphatic carbocycles. The molecule has 0 atom stereocenters. The van der Waals surface area contributed by atoms with Crippen molar-refractivity contribution in [1.29, 1.82) is 0 Å². The Morgan fingerprint density at radius 3 is 2.68 bits per heavy atom. The number of aromatic nitrogens is 4. The van der Waals surface area contributed by atoms with E-state index in [1.54, 1.807) is 6.20 Å². The Hall–Kier alpha value is -2.11. The fraction of sp³-hybridized carbons (Fsp3) is 0.462. The number of nitrogens with one attached hydrogen (secondary N) is 2. The molecule has 0 aliphatic rings. The lowest BCUT2D eigenvalue weighted by atomic mass is 10.3. The van der Waals surface area contributed by atoms with Crippen LogP contribution in [-0.2, 0) is 13.0 Å². The first kappa shape index (κ1) is 13.3. The zero-order chi connectivity index (χ0) is 13.7. The summed E-state index contributed by atoms with van der Waals surface area (Å²) < 4.78 is 2.03. The molecule has 6 heteroatoms. The van der Waals surface area contributed by atoms with Crippen LogP contribution in [0.4, 0.5) is 11.6 Å². The molecule has 2 rings (SSSR count). The van der Waals surface area contributed by atoms with Gasteiger partial charge in [0.25, 0.3) is 0 Å². The van der Waals surface area contributed by atoms with Gasteiger partial charge in [0.2, 0.25) is 0 Å². The molecule has 0 bridgehead atoms. The largest absolute Gasteiger partial charge is 0.373 e. The molecular formula is C13H20N6. The van der Waals surface area contributed by atoms with E-state index >= 15 is 0 Å². The summed E-state index contributed by atoms with van der Waals surface area (Å²) in [4.78, 5) is 13.0. The van der Waals surface area contributed by atoms with E-state index in [1.165, 1.54) is 0 Å². The Bertz CT molecular complexity index is 520. The molecule has 0 spiro atoms. The predicted molar refractivity (Wildman–Crippen MR) is 76.4 cm³/mol. The maximum absolute atomic E-state index is 4.53. The zero-order valence-corrected chi connectivity index (χ0v) is 11.6. The molecule has 0 aliphatic heterocycles. The average molecular weight is 260 g/mol. The minimum atomic E-state index is 0.806. The van der Waals surface area contributed by atoms with Gasteiger partial charge < -0.3 is 15.2 Å². The van der Waals surface area contributed by atoms with Gasteiger partial charge in [-0.05, 0) is 6.92 Å². The highest BCUT2D eigenvalue weighted by Gasteiger charge is 2.08. The standard InChI is InChI=1S/C13H20N6/c1-4-11-17-12(14-3)10(2)13(18-11)16-6-8-19-7-5-15-9-19/h5,7,9H,4,6,8H2,1-3H3,(H2,14,16,17,18).